The molecule has 30 heavy (non-hydrogen) atoms. The first-order valence-corrected chi connectivity index (χ1v) is 10.1. The lowest BCUT2D eigenvalue weighted by atomic mass is 10.2. The topological polar surface area (TPSA) is 112 Å². The van der Waals surface area contributed by atoms with E-state index in [9.17, 15) is 14.9 Å². The maximum Gasteiger partial charge on any atom is 0.286 e. The third-order valence-electron chi connectivity index (χ3n) is 4.37. The molecule has 0 bridgehead atoms. The van der Waals surface area contributed by atoms with Crippen LogP contribution in [0.1, 0.15) is 34.0 Å². The molecule has 0 aliphatic heterocycles. The summed E-state index contributed by atoms with van der Waals surface area (Å²) in [4.78, 5) is 22.6. The summed E-state index contributed by atoms with van der Waals surface area (Å²) in [6, 6.07) is 7.77. The van der Waals surface area contributed by atoms with Crippen LogP contribution in [-0.2, 0) is 13.2 Å². The van der Waals surface area contributed by atoms with Crippen molar-refractivity contribution in [1.82, 2.24) is 15.1 Å². The SMILES string of the molecule is Cc1cc(OCc2ccc(C(=O)NCCCn3cc(Br)c(C)n3)o2)ccc1[N+](=O)[O-]. The van der Waals surface area contributed by atoms with Crippen LogP contribution in [0.3, 0.4) is 0 Å². The summed E-state index contributed by atoms with van der Waals surface area (Å²) in [5.74, 6) is 0.866. The van der Waals surface area contributed by atoms with Crippen molar-refractivity contribution in [3.63, 3.8) is 0 Å². The smallest absolute Gasteiger partial charge is 0.286 e. The standard InChI is InChI=1S/C20H21BrN4O5/c1-13-10-15(4-6-18(13)25(27)28)29-12-16-5-7-19(30-16)20(26)22-8-3-9-24-11-17(21)14(2)23-24/h4-7,10-11H,3,8-9,12H2,1-2H3,(H,22,26). The number of aryl methyl sites for hydroxylation is 3. The predicted octanol–water partition coefficient (Wildman–Crippen LogP) is 4.16. The maximum atomic E-state index is 12.2. The molecule has 0 spiro atoms. The Morgan fingerprint density at radius 1 is 1.33 bits per heavy atom. The third kappa shape index (κ3) is 5.47. The molecular weight excluding hydrogens is 456 g/mol. The van der Waals surface area contributed by atoms with Gasteiger partial charge in [-0.3, -0.25) is 19.6 Å². The number of nitrogens with zero attached hydrogens (tertiary/aromatic N) is 3. The van der Waals surface area contributed by atoms with E-state index in [1.165, 1.54) is 12.1 Å². The molecule has 0 fully saturated rings. The summed E-state index contributed by atoms with van der Waals surface area (Å²) in [5.41, 5.74) is 1.47. The fourth-order valence-electron chi connectivity index (χ4n) is 2.79. The van der Waals surface area contributed by atoms with Crippen LogP contribution in [-0.4, -0.2) is 27.2 Å². The Labute approximate surface area is 181 Å². The second-order valence-corrected chi connectivity index (χ2v) is 7.55. The molecule has 2 aromatic heterocycles. The minimum Gasteiger partial charge on any atom is -0.486 e. The lowest BCUT2D eigenvalue weighted by Crippen LogP contribution is -2.24. The summed E-state index contributed by atoms with van der Waals surface area (Å²) in [6.45, 7) is 4.86. The van der Waals surface area contributed by atoms with Gasteiger partial charge < -0.3 is 14.5 Å². The molecule has 3 rings (SSSR count). The Hall–Kier alpha value is -3.14. The fourth-order valence-corrected chi connectivity index (χ4v) is 3.11. The largest absolute Gasteiger partial charge is 0.486 e. The van der Waals surface area contributed by atoms with Crippen LogP contribution < -0.4 is 10.1 Å². The zero-order valence-electron chi connectivity index (χ0n) is 16.6. The second-order valence-electron chi connectivity index (χ2n) is 6.70. The molecule has 1 N–H and O–H groups in total. The van der Waals surface area contributed by atoms with Crippen molar-refractivity contribution >= 4 is 27.5 Å². The van der Waals surface area contributed by atoms with Gasteiger partial charge in [-0.15, -0.1) is 0 Å². The first kappa shape index (κ1) is 21.6. The average Bonchev–Trinajstić information content (AvgIpc) is 3.30. The molecule has 1 amide bonds. The number of carbonyl (C=O) groups excluding carboxylic acids is 1. The number of hydrogen-bond acceptors (Lipinski definition) is 6. The van der Waals surface area contributed by atoms with Crippen molar-refractivity contribution in [1.29, 1.82) is 0 Å². The number of ether oxygens (including phenoxy) is 1. The van der Waals surface area contributed by atoms with Gasteiger partial charge in [-0.2, -0.15) is 5.10 Å². The van der Waals surface area contributed by atoms with Crippen molar-refractivity contribution in [2.24, 2.45) is 0 Å². The van der Waals surface area contributed by atoms with Crippen molar-refractivity contribution < 1.29 is 18.9 Å². The lowest BCUT2D eigenvalue weighted by Gasteiger charge is -2.06. The highest BCUT2D eigenvalue weighted by atomic mass is 79.9. The van der Waals surface area contributed by atoms with Gasteiger partial charge in [0, 0.05) is 30.9 Å². The molecule has 2 heterocycles. The first-order chi connectivity index (χ1) is 14.3. The molecule has 0 saturated heterocycles. The Morgan fingerprint density at radius 3 is 2.80 bits per heavy atom. The van der Waals surface area contributed by atoms with Gasteiger partial charge in [0.1, 0.15) is 18.1 Å². The van der Waals surface area contributed by atoms with Gasteiger partial charge >= 0.3 is 0 Å². The van der Waals surface area contributed by atoms with E-state index >= 15 is 0 Å². The summed E-state index contributed by atoms with van der Waals surface area (Å²) in [6.07, 6.45) is 2.64. The Balaban J connectivity index is 1.45. The van der Waals surface area contributed by atoms with Crippen molar-refractivity contribution in [3.05, 3.63) is 73.9 Å². The molecule has 0 aliphatic rings. The van der Waals surface area contributed by atoms with Gasteiger partial charge in [0.15, 0.2) is 5.76 Å². The quantitative estimate of drug-likeness (QED) is 0.281. The van der Waals surface area contributed by atoms with Crippen LogP contribution >= 0.6 is 15.9 Å². The molecule has 0 saturated carbocycles. The second kappa shape index (κ2) is 9.57. The van der Waals surface area contributed by atoms with Crippen molar-refractivity contribution in [3.8, 4) is 5.75 Å². The molecule has 10 heteroatoms. The zero-order chi connectivity index (χ0) is 21.7. The Bertz CT molecular complexity index is 1040. The number of carbonyl (C=O) groups is 1. The minimum absolute atomic E-state index is 0.0367. The van der Waals surface area contributed by atoms with E-state index in [4.69, 9.17) is 9.15 Å². The number of rotatable bonds is 9. The monoisotopic (exact) mass is 476 g/mol. The average molecular weight is 477 g/mol. The Morgan fingerprint density at radius 2 is 2.13 bits per heavy atom. The highest BCUT2D eigenvalue weighted by Gasteiger charge is 2.13. The normalized spacial score (nSPS) is 10.8. The summed E-state index contributed by atoms with van der Waals surface area (Å²) >= 11 is 3.42. The van der Waals surface area contributed by atoms with E-state index in [0.29, 0.717) is 30.2 Å². The molecule has 9 nitrogen and oxygen atoms in total. The van der Waals surface area contributed by atoms with Crippen LogP contribution in [0.4, 0.5) is 5.69 Å². The molecule has 158 valence electrons. The van der Waals surface area contributed by atoms with Gasteiger partial charge in [0.2, 0.25) is 0 Å². The summed E-state index contributed by atoms with van der Waals surface area (Å²) in [5, 5.41) is 18.0. The molecule has 0 radical (unpaired) electrons. The fraction of sp³-hybridized carbons (Fsp3) is 0.300. The van der Waals surface area contributed by atoms with E-state index in [1.54, 1.807) is 25.1 Å². The first-order valence-electron chi connectivity index (χ1n) is 9.28. The van der Waals surface area contributed by atoms with E-state index in [-0.39, 0.29) is 24.0 Å². The molecular formula is C20H21BrN4O5. The van der Waals surface area contributed by atoms with Gasteiger partial charge in [0.25, 0.3) is 11.6 Å². The van der Waals surface area contributed by atoms with Crippen LogP contribution in [0.25, 0.3) is 0 Å². The zero-order valence-corrected chi connectivity index (χ0v) is 18.1. The van der Waals surface area contributed by atoms with Crippen molar-refractivity contribution in [2.75, 3.05) is 6.54 Å². The number of halogens is 1. The van der Waals surface area contributed by atoms with Crippen LogP contribution in [0, 0.1) is 24.0 Å². The van der Waals surface area contributed by atoms with E-state index in [1.807, 2.05) is 17.8 Å². The minimum atomic E-state index is -0.439. The number of aromatic nitrogens is 2. The lowest BCUT2D eigenvalue weighted by molar-refractivity contribution is -0.385. The number of furan rings is 1. The van der Waals surface area contributed by atoms with Gasteiger partial charge in [-0.05, 0) is 60.5 Å². The highest BCUT2D eigenvalue weighted by Crippen LogP contribution is 2.24. The maximum absolute atomic E-state index is 12.2. The van der Waals surface area contributed by atoms with Crippen molar-refractivity contribution in [2.45, 2.75) is 33.4 Å². The molecule has 0 atom stereocenters. The summed E-state index contributed by atoms with van der Waals surface area (Å²) in [7, 11) is 0. The number of nitro benzene ring substituents is 1. The summed E-state index contributed by atoms with van der Waals surface area (Å²) < 4.78 is 13.9. The number of nitro groups is 1. The van der Waals surface area contributed by atoms with Crippen LogP contribution in [0.2, 0.25) is 0 Å². The molecule has 3 aromatic rings. The molecule has 1 aromatic carbocycles. The Kier molecular flexibility index (Phi) is 6.88. The molecule has 0 aliphatic carbocycles. The van der Waals surface area contributed by atoms with Crippen LogP contribution in [0.15, 0.2) is 45.4 Å². The van der Waals surface area contributed by atoms with Crippen LogP contribution in [0.5, 0.6) is 5.75 Å². The van der Waals surface area contributed by atoms with Gasteiger partial charge in [-0.1, -0.05) is 0 Å². The van der Waals surface area contributed by atoms with E-state index in [0.717, 1.165) is 16.6 Å². The predicted molar refractivity (Wildman–Crippen MR) is 112 cm³/mol. The van der Waals surface area contributed by atoms with E-state index < -0.39 is 4.92 Å². The van der Waals surface area contributed by atoms with Gasteiger partial charge in [-0.25, -0.2) is 0 Å². The number of amides is 1. The van der Waals surface area contributed by atoms with E-state index in [2.05, 4.69) is 26.3 Å². The van der Waals surface area contributed by atoms with Gasteiger partial charge in [0.05, 0.1) is 15.1 Å². The third-order valence-corrected chi connectivity index (χ3v) is 5.15. The molecule has 0 unspecified atom stereocenters. The number of benzene rings is 1. The number of nitrogens with one attached hydrogen (secondary N) is 1. The highest BCUT2D eigenvalue weighted by molar-refractivity contribution is 9.10. The number of hydrogen-bond donors (Lipinski definition) is 1.